The summed E-state index contributed by atoms with van der Waals surface area (Å²) in [7, 11) is 0. The Hall–Kier alpha value is -1.73. The van der Waals surface area contributed by atoms with Gasteiger partial charge in [-0.3, -0.25) is 4.57 Å². The average molecular weight is 241 g/mol. The van der Waals surface area contributed by atoms with E-state index in [0.29, 0.717) is 12.0 Å². The number of aliphatic hydroxyl groups excluding tert-OH is 1. The summed E-state index contributed by atoms with van der Waals surface area (Å²) in [5.74, 6) is -1.23. The summed E-state index contributed by atoms with van der Waals surface area (Å²) in [4.78, 5) is 14.8. The first kappa shape index (κ1) is 11.7. The molecule has 0 saturated carbocycles. The largest absolute Gasteiger partial charge is 0.393 e. The fourth-order valence-electron chi connectivity index (χ4n) is 1.69. The minimum Gasteiger partial charge on any atom is -0.393 e. The highest BCUT2D eigenvalue weighted by Crippen LogP contribution is 2.30. The molecule has 1 aliphatic rings. The zero-order valence-electron chi connectivity index (χ0n) is 8.97. The van der Waals surface area contributed by atoms with Gasteiger partial charge >= 0.3 is 5.69 Å². The standard InChI is InChI=1S/C10H12FN3O3/c1-5-2-8(17-7(5)4-15)14-3-6(11)9(12)13-10(14)16/h3,7-8,15H,1-2,4H2,(H2,12,13,16)/t7-,8-/m0/s1. The maximum Gasteiger partial charge on any atom is 0.351 e. The zero-order chi connectivity index (χ0) is 12.6. The average Bonchev–Trinajstić information content (AvgIpc) is 2.65. The number of hydrogen-bond acceptors (Lipinski definition) is 5. The number of rotatable bonds is 2. The molecule has 1 aromatic rings. The summed E-state index contributed by atoms with van der Waals surface area (Å²) in [6.45, 7) is 3.49. The molecule has 0 spiro atoms. The van der Waals surface area contributed by atoms with E-state index in [1.165, 1.54) is 0 Å². The number of aromatic nitrogens is 2. The summed E-state index contributed by atoms with van der Waals surface area (Å²) < 4.78 is 19.6. The molecule has 0 bridgehead atoms. The predicted molar refractivity (Wildman–Crippen MR) is 57.6 cm³/mol. The van der Waals surface area contributed by atoms with Crippen LogP contribution in [0.3, 0.4) is 0 Å². The second-order valence-corrected chi connectivity index (χ2v) is 3.79. The number of anilines is 1. The van der Waals surface area contributed by atoms with Gasteiger partial charge in [0.25, 0.3) is 0 Å². The quantitative estimate of drug-likeness (QED) is 0.700. The number of nitrogens with two attached hydrogens (primary N) is 1. The molecule has 0 aromatic carbocycles. The molecule has 92 valence electrons. The minimum atomic E-state index is -0.786. The third kappa shape index (κ3) is 2.06. The van der Waals surface area contributed by atoms with Crippen molar-refractivity contribution in [2.45, 2.75) is 18.8 Å². The summed E-state index contributed by atoms with van der Waals surface area (Å²) >= 11 is 0. The van der Waals surface area contributed by atoms with E-state index >= 15 is 0 Å². The molecule has 0 aliphatic carbocycles. The summed E-state index contributed by atoms with van der Waals surface area (Å²) in [6, 6.07) is 0. The Bertz CT molecular complexity index is 514. The first-order valence-corrected chi connectivity index (χ1v) is 5.01. The number of ether oxygens (including phenoxy) is 1. The molecule has 3 N–H and O–H groups in total. The lowest BCUT2D eigenvalue weighted by Gasteiger charge is -2.14. The molecule has 0 unspecified atom stereocenters. The van der Waals surface area contributed by atoms with E-state index in [2.05, 4.69) is 11.6 Å². The van der Waals surface area contributed by atoms with Gasteiger partial charge in [0, 0.05) is 6.42 Å². The molecule has 17 heavy (non-hydrogen) atoms. The first-order chi connectivity index (χ1) is 8.02. The maximum atomic E-state index is 13.2. The van der Waals surface area contributed by atoms with Crippen molar-refractivity contribution in [2.24, 2.45) is 0 Å². The molecular weight excluding hydrogens is 229 g/mol. The number of nitrogens with zero attached hydrogens (tertiary/aromatic N) is 2. The van der Waals surface area contributed by atoms with Gasteiger partial charge in [0.05, 0.1) is 12.8 Å². The normalized spacial score (nSPS) is 24.2. The second-order valence-electron chi connectivity index (χ2n) is 3.79. The minimum absolute atomic E-state index is 0.227. The van der Waals surface area contributed by atoms with Gasteiger partial charge in [-0.05, 0) is 5.57 Å². The number of hydrogen-bond donors (Lipinski definition) is 2. The first-order valence-electron chi connectivity index (χ1n) is 5.01. The molecule has 0 amide bonds. The highest BCUT2D eigenvalue weighted by Gasteiger charge is 2.30. The Labute approximate surface area is 96.1 Å². The smallest absolute Gasteiger partial charge is 0.351 e. The maximum absolute atomic E-state index is 13.2. The molecular formula is C10H12FN3O3. The Morgan fingerprint density at radius 2 is 2.47 bits per heavy atom. The Morgan fingerprint density at radius 3 is 3.06 bits per heavy atom. The van der Waals surface area contributed by atoms with Crippen LogP contribution in [0.4, 0.5) is 10.2 Å². The molecule has 1 aromatic heterocycles. The molecule has 1 aliphatic heterocycles. The molecule has 2 atom stereocenters. The van der Waals surface area contributed by atoms with Crippen LogP contribution in [0.5, 0.6) is 0 Å². The monoisotopic (exact) mass is 241 g/mol. The fourth-order valence-corrected chi connectivity index (χ4v) is 1.69. The number of nitrogen functional groups attached to an aromatic ring is 1. The van der Waals surface area contributed by atoms with E-state index in [1.54, 1.807) is 0 Å². The van der Waals surface area contributed by atoms with Crippen LogP contribution in [-0.2, 0) is 4.74 Å². The van der Waals surface area contributed by atoms with Crippen LogP contribution in [0.2, 0.25) is 0 Å². The molecule has 2 rings (SSSR count). The van der Waals surface area contributed by atoms with E-state index in [1.807, 2.05) is 0 Å². The van der Waals surface area contributed by atoms with Crippen molar-refractivity contribution in [3.63, 3.8) is 0 Å². The molecule has 1 fully saturated rings. The van der Waals surface area contributed by atoms with Crippen LogP contribution in [0.25, 0.3) is 0 Å². The van der Waals surface area contributed by atoms with Gasteiger partial charge in [-0.2, -0.15) is 4.98 Å². The predicted octanol–water partition coefficient (Wildman–Crippen LogP) is -0.199. The lowest BCUT2D eigenvalue weighted by Crippen LogP contribution is -2.28. The number of aliphatic hydroxyl groups is 1. The van der Waals surface area contributed by atoms with Crippen molar-refractivity contribution in [2.75, 3.05) is 12.3 Å². The second kappa shape index (κ2) is 4.27. The number of halogens is 1. The van der Waals surface area contributed by atoms with Crippen LogP contribution in [-0.4, -0.2) is 27.4 Å². The Balaban J connectivity index is 2.34. The lowest BCUT2D eigenvalue weighted by molar-refractivity contribution is -0.0191. The Morgan fingerprint density at radius 1 is 1.76 bits per heavy atom. The van der Waals surface area contributed by atoms with Crippen molar-refractivity contribution in [3.8, 4) is 0 Å². The van der Waals surface area contributed by atoms with Crippen molar-refractivity contribution in [1.29, 1.82) is 0 Å². The summed E-state index contributed by atoms with van der Waals surface area (Å²) in [5, 5.41) is 8.99. The highest BCUT2D eigenvalue weighted by atomic mass is 19.1. The van der Waals surface area contributed by atoms with Crippen LogP contribution in [0.15, 0.2) is 23.1 Å². The van der Waals surface area contributed by atoms with Crippen molar-refractivity contribution < 1.29 is 14.2 Å². The molecule has 6 nitrogen and oxygen atoms in total. The topological polar surface area (TPSA) is 90.4 Å². The van der Waals surface area contributed by atoms with Gasteiger partial charge < -0.3 is 15.6 Å². The van der Waals surface area contributed by atoms with E-state index in [-0.39, 0.29) is 6.61 Å². The molecule has 1 saturated heterocycles. The molecule has 2 heterocycles. The van der Waals surface area contributed by atoms with Crippen molar-refractivity contribution in [1.82, 2.24) is 9.55 Å². The van der Waals surface area contributed by atoms with Crippen LogP contribution in [0, 0.1) is 5.82 Å². The van der Waals surface area contributed by atoms with E-state index in [4.69, 9.17) is 15.6 Å². The van der Waals surface area contributed by atoms with Gasteiger partial charge in [-0.1, -0.05) is 6.58 Å². The third-order valence-corrected chi connectivity index (χ3v) is 2.62. The summed E-state index contributed by atoms with van der Waals surface area (Å²) in [6.07, 6.45) is 0.0423. The highest BCUT2D eigenvalue weighted by molar-refractivity contribution is 5.26. The van der Waals surface area contributed by atoms with E-state index in [9.17, 15) is 9.18 Å². The zero-order valence-corrected chi connectivity index (χ0v) is 8.97. The van der Waals surface area contributed by atoms with Crippen molar-refractivity contribution in [3.05, 3.63) is 34.7 Å². The van der Waals surface area contributed by atoms with Gasteiger partial charge in [-0.15, -0.1) is 0 Å². The molecule has 0 radical (unpaired) electrons. The van der Waals surface area contributed by atoms with Crippen LogP contribution >= 0.6 is 0 Å². The van der Waals surface area contributed by atoms with Crippen LogP contribution < -0.4 is 11.4 Å². The van der Waals surface area contributed by atoms with E-state index in [0.717, 1.165) is 10.8 Å². The van der Waals surface area contributed by atoms with E-state index < -0.39 is 29.7 Å². The third-order valence-electron chi connectivity index (χ3n) is 2.62. The lowest BCUT2D eigenvalue weighted by atomic mass is 10.1. The molecule has 7 heteroatoms. The Kier molecular flexibility index (Phi) is 2.95. The SMILES string of the molecule is C=C1C[C@@H](n2cc(F)c(N)nc2=O)O[C@H]1CO. The van der Waals surface area contributed by atoms with Gasteiger partial charge in [0.15, 0.2) is 11.6 Å². The van der Waals surface area contributed by atoms with Crippen molar-refractivity contribution >= 4 is 5.82 Å². The van der Waals surface area contributed by atoms with Gasteiger partial charge in [-0.25, -0.2) is 9.18 Å². The fraction of sp³-hybridized carbons (Fsp3) is 0.400. The van der Waals surface area contributed by atoms with Gasteiger partial charge in [0.2, 0.25) is 0 Å². The summed E-state index contributed by atoms with van der Waals surface area (Å²) in [5.41, 5.74) is 5.13. The van der Waals surface area contributed by atoms with Gasteiger partial charge in [0.1, 0.15) is 12.3 Å². The van der Waals surface area contributed by atoms with Crippen LogP contribution in [0.1, 0.15) is 12.6 Å².